The van der Waals surface area contributed by atoms with Crippen molar-refractivity contribution in [1.82, 2.24) is 0 Å². The van der Waals surface area contributed by atoms with E-state index in [0.717, 1.165) is 6.42 Å². The third-order valence-electron chi connectivity index (χ3n) is 1.23. The van der Waals surface area contributed by atoms with Gasteiger partial charge < -0.3 is 9.47 Å². The highest BCUT2D eigenvalue weighted by molar-refractivity contribution is 7.89. The van der Waals surface area contributed by atoms with Crippen LogP contribution in [0.2, 0.25) is 0 Å². The van der Waals surface area contributed by atoms with Crippen LogP contribution in [0, 0.1) is 0 Å². The Hall–Kier alpha value is -0.170. The lowest BCUT2D eigenvalue weighted by Crippen LogP contribution is -2.21. The largest absolute Gasteiger partial charge is 0.379 e. The number of hydrogen-bond donors (Lipinski definition) is 1. The summed E-state index contributed by atoms with van der Waals surface area (Å²) in [6.07, 6.45) is 0.969. The van der Waals surface area contributed by atoms with Crippen LogP contribution in [0.25, 0.3) is 0 Å². The van der Waals surface area contributed by atoms with E-state index in [0.29, 0.717) is 19.8 Å². The Balaban J connectivity index is 3.09. The number of primary sulfonamides is 1. The molecule has 0 amide bonds. The molecule has 0 bridgehead atoms. The zero-order valence-corrected chi connectivity index (χ0v) is 8.68. The molecule has 0 radical (unpaired) electrons. The van der Waals surface area contributed by atoms with Gasteiger partial charge in [-0.25, -0.2) is 13.6 Å². The fraction of sp³-hybridized carbons (Fsp3) is 1.00. The maximum atomic E-state index is 10.4. The summed E-state index contributed by atoms with van der Waals surface area (Å²) >= 11 is 0. The Morgan fingerprint density at radius 3 is 2.08 bits per heavy atom. The molecular formula is C7H17NO4S. The van der Waals surface area contributed by atoms with Gasteiger partial charge in [-0.15, -0.1) is 0 Å². The molecule has 0 aromatic carbocycles. The summed E-state index contributed by atoms with van der Waals surface area (Å²) < 4.78 is 30.9. The van der Waals surface area contributed by atoms with Crippen molar-refractivity contribution in [2.45, 2.75) is 13.3 Å². The first-order valence-electron chi connectivity index (χ1n) is 4.22. The SMILES string of the molecule is CCCOCCOCCS(N)(=O)=O. The van der Waals surface area contributed by atoms with E-state index in [9.17, 15) is 8.42 Å². The van der Waals surface area contributed by atoms with Crippen molar-refractivity contribution in [2.75, 3.05) is 32.2 Å². The predicted molar refractivity (Wildman–Crippen MR) is 49.9 cm³/mol. The Morgan fingerprint density at radius 1 is 1.08 bits per heavy atom. The molecule has 0 aliphatic heterocycles. The third kappa shape index (κ3) is 11.8. The van der Waals surface area contributed by atoms with E-state index in [-0.39, 0.29) is 12.4 Å². The van der Waals surface area contributed by atoms with E-state index in [1.807, 2.05) is 6.92 Å². The summed E-state index contributed by atoms with van der Waals surface area (Å²) in [5, 5.41) is 4.76. The van der Waals surface area contributed by atoms with Gasteiger partial charge in [0.1, 0.15) is 0 Å². The van der Waals surface area contributed by atoms with E-state index in [1.54, 1.807) is 0 Å². The number of ether oxygens (including phenoxy) is 2. The third-order valence-corrected chi connectivity index (χ3v) is 1.97. The number of hydrogen-bond acceptors (Lipinski definition) is 4. The first-order valence-corrected chi connectivity index (χ1v) is 5.93. The summed E-state index contributed by atoms with van der Waals surface area (Å²) in [6, 6.07) is 0. The van der Waals surface area contributed by atoms with Crippen LogP contribution < -0.4 is 5.14 Å². The van der Waals surface area contributed by atoms with Crippen molar-refractivity contribution < 1.29 is 17.9 Å². The van der Waals surface area contributed by atoms with Crippen molar-refractivity contribution in [3.8, 4) is 0 Å². The monoisotopic (exact) mass is 211 g/mol. The van der Waals surface area contributed by atoms with Crippen LogP contribution in [0.1, 0.15) is 13.3 Å². The van der Waals surface area contributed by atoms with Gasteiger partial charge in [-0.3, -0.25) is 0 Å². The predicted octanol–water partition coefficient (Wildman–Crippen LogP) is -0.282. The van der Waals surface area contributed by atoms with Crippen LogP contribution in [-0.4, -0.2) is 40.6 Å². The van der Waals surface area contributed by atoms with Gasteiger partial charge in [0.15, 0.2) is 0 Å². The topological polar surface area (TPSA) is 78.6 Å². The standard InChI is InChI=1S/C7H17NO4S/c1-2-3-11-4-5-12-6-7-13(8,9)10/h2-7H2,1H3,(H2,8,9,10). The first kappa shape index (κ1) is 12.8. The molecule has 6 heteroatoms. The Labute approximate surface area is 79.3 Å². The van der Waals surface area contributed by atoms with Crippen LogP contribution in [0.5, 0.6) is 0 Å². The van der Waals surface area contributed by atoms with Crippen molar-refractivity contribution in [1.29, 1.82) is 0 Å². The molecule has 0 unspecified atom stereocenters. The molecule has 2 N–H and O–H groups in total. The van der Waals surface area contributed by atoms with E-state index < -0.39 is 10.0 Å². The number of rotatable bonds is 8. The van der Waals surface area contributed by atoms with Crippen molar-refractivity contribution >= 4 is 10.0 Å². The van der Waals surface area contributed by atoms with Crippen LogP contribution >= 0.6 is 0 Å². The lowest BCUT2D eigenvalue weighted by Gasteiger charge is -2.03. The fourth-order valence-corrected chi connectivity index (χ4v) is 0.992. The highest BCUT2D eigenvalue weighted by Crippen LogP contribution is 1.83. The van der Waals surface area contributed by atoms with E-state index in [1.165, 1.54) is 0 Å². The van der Waals surface area contributed by atoms with Crippen molar-refractivity contribution in [3.63, 3.8) is 0 Å². The highest BCUT2D eigenvalue weighted by Gasteiger charge is 2.00. The summed E-state index contributed by atoms with van der Waals surface area (Å²) in [5.41, 5.74) is 0. The summed E-state index contributed by atoms with van der Waals surface area (Å²) in [7, 11) is -3.39. The molecule has 0 aliphatic rings. The molecule has 0 fully saturated rings. The van der Waals surface area contributed by atoms with Crippen LogP contribution in [0.15, 0.2) is 0 Å². The average molecular weight is 211 g/mol. The molecule has 0 saturated heterocycles. The second-order valence-corrected chi connectivity index (χ2v) is 4.33. The van der Waals surface area contributed by atoms with Crippen molar-refractivity contribution in [3.05, 3.63) is 0 Å². The molecule has 5 nitrogen and oxygen atoms in total. The van der Waals surface area contributed by atoms with Crippen molar-refractivity contribution in [2.24, 2.45) is 5.14 Å². The molecule has 0 spiro atoms. The van der Waals surface area contributed by atoms with Gasteiger partial charge >= 0.3 is 0 Å². The smallest absolute Gasteiger partial charge is 0.211 e. The molecule has 0 aromatic rings. The molecule has 80 valence electrons. The molecule has 13 heavy (non-hydrogen) atoms. The maximum absolute atomic E-state index is 10.4. The normalized spacial score (nSPS) is 11.8. The summed E-state index contributed by atoms with van der Waals surface area (Å²) in [5.74, 6) is -0.138. The Kier molecular flexibility index (Phi) is 7.16. The van der Waals surface area contributed by atoms with Gasteiger partial charge in [0.2, 0.25) is 10.0 Å². The molecule has 0 saturated carbocycles. The number of nitrogens with two attached hydrogens (primary N) is 1. The summed E-state index contributed by atoms with van der Waals surface area (Å²) in [6.45, 7) is 3.77. The summed E-state index contributed by atoms with van der Waals surface area (Å²) in [4.78, 5) is 0. The lowest BCUT2D eigenvalue weighted by atomic mass is 10.5. The maximum Gasteiger partial charge on any atom is 0.211 e. The van der Waals surface area contributed by atoms with Gasteiger partial charge in [0.05, 0.1) is 25.6 Å². The van der Waals surface area contributed by atoms with Gasteiger partial charge in [-0.05, 0) is 6.42 Å². The van der Waals surface area contributed by atoms with Crippen LogP contribution in [0.4, 0.5) is 0 Å². The second-order valence-electron chi connectivity index (χ2n) is 2.59. The van der Waals surface area contributed by atoms with Gasteiger partial charge in [-0.2, -0.15) is 0 Å². The minimum Gasteiger partial charge on any atom is -0.379 e. The first-order chi connectivity index (χ1) is 6.06. The molecule has 0 atom stereocenters. The highest BCUT2D eigenvalue weighted by atomic mass is 32.2. The average Bonchev–Trinajstić information content (AvgIpc) is 2.01. The molecule has 0 aliphatic carbocycles. The zero-order chi connectivity index (χ0) is 10.2. The Bertz CT molecular complexity index is 203. The Morgan fingerprint density at radius 2 is 1.62 bits per heavy atom. The van der Waals surface area contributed by atoms with Gasteiger partial charge in [0.25, 0.3) is 0 Å². The minimum absolute atomic E-state index is 0.133. The minimum atomic E-state index is -3.39. The second kappa shape index (κ2) is 7.25. The quantitative estimate of drug-likeness (QED) is 0.560. The molecule has 0 rings (SSSR count). The van der Waals surface area contributed by atoms with Crippen LogP contribution in [0.3, 0.4) is 0 Å². The molecular weight excluding hydrogens is 194 g/mol. The zero-order valence-electron chi connectivity index (χ0n) is 7.86. The van der Waals surface area contributed by atoms with Gasteiger partial charge in [0, 0.05) is 6.61 Å². The molecule has 0 heterocycles. The van der Waals surface area contributed by atoms with E-state index in [2.05, 4.69) is 0 Å². The van der Waals surface area contributed by atoms with E-state index >= 15 is 0 Å². The van der Waals surface area contributed by atoms with Crippen LogP contribution in [-0.2, 0) is 19.5 Å². The van der Waals surface area contributed by atoms with E-state index in [4.69, 9.17) is 14.6 Å². The number of sulfonamides is 1. The molecule has 0 aromatic heterocycles. The van der Waals surface area contributed by atoms with Gasteiger partial charge in [-0.1, -0.05) is 6.92 Å². The lowest BCUT2D eigenvalue weighted by molar-refractivity contribution is 0.0537. The fourth-order valence-electron chi connectivity index (χ4n) is 0.641.